The van der Waals surface area contributed by atoms with Gasteiger partial charge in [-0.3, -0.25) is 0 Å². The lowest BCUT2D eigenvalue weighted by Crippen LogP contribution is -2.40. The number of nitrogens with zero attached hydrogens (tertiary/aromatic N) is 1. The van der Waals surface area contributed by atoms with Crippen LogP contribution < -0.4 is 0 Å². The highest BCUT2D eigenvalue weighted by atomic mass is 16.5. The molecule has 0 aromatic heterocycles. The fraction of sp³-hybridized carbons (Fsp3) is 0.889. The van der Waals surface area contributed by atoms with Crippen LogP contribution in [0.25, 0.3) is 0 Å². The van der Waals surface area contributed by atoms with E-state index in [0.717, 1.165) is 13.0 Å². The molecule has 1 aliphatic rings. The summed E-state index contributed by atoms with van der Waals surface area (Å²) in [6.07, 6.45) is 0.787. The van der Waals surface area contributed by atoms with Gasteiger partial charge in [0.05, 0.1) is 19.8 Å². The van der Waals surface area contributed by atoms with Crippen molar-refractivity contribution in [2.75, 3.05) is 27.4 Å². The van der Waals surface area contributed by atoms with Gasteiger partial charge in [0, 0.05) is 13.7 Å². The molecule has 0 aromatic carbocycles. The third kappa shape index (κ3) is 2.12. The summed E-state index contributed by atoms with van der Waals surface area (Å²) in [5.41, 5.74) is 0. The maximum atomic E-state index is 11.3. The number of hydrogen-bond acceptors (Lipinski definition) is 3. The van der Waals surface area contributed by atoms with E-state index < -0.39 is 0 Å². The number of methoxy groups -OCH3 is 2. The van der Waals surface area contributed by atoms with Crippen molar-refractivity contribution < 1.29 is 14.3 Å². The SMILES string of the molecule is COCC1C(C)CCN1C(=O)OC. The van der Waals surface area contributed by atoms with Crippen LogP contribution >= 0.6 is 0 Å². The third-order valence-electron chi connectivity index (χ3n) is 2.63. The van der Waals surface area contributed by atoms with E-state index in [1.807, 2.05) is 0 Å². The largest absolute Gasteiger partial charge is 0.453 e. The number of amides is 1. The lowest BCUT2D eigenvalue weighted by molar-refractivity contribution is 0.0782. The topological polar surface area (TPSA) is 38.8 Å². The zero-order chi connectivity index (χ0) is 9.84. The van der Waals surface area contributed by atoms with E-state index in [1.54, 1.807) is 12.0 Å². The summed E-state index contributed by atoms with van der Waals surface area (Å²) in [5.74, 6) is 0.499. The predicted molar refractivity (Wildman–Crippen MR) is 48.6 cm³/mol. The van der Waals surface area contributed by atoms with Gasteiger partial charge in [0.2, 0.25) is 0 Å². The van der Waals surface area contributed by atoms with Gasteiger partial charge in [0.25, 0.3) is 0 Å². The van der Waals surface area contributed by atoms with Crippen molar-refractivity contribution in [2.45, 2.75) is 19.4 Å². The van der Waals surface area contributed by atoms with Crippen LogP contribution in [-0.4, -0.2) is 44.4 Å². The molecule has 13 heavy (non-hydrogen) atoms. The van der Waals surface area contributed by atoms with Gasteiger partial charge in [0.15, 0.2) is 0 Å². The number of ether oxygens (including phenoxy) is 2. The summed E-state index contributed by atoms with van der Waals surface area (Å²) < 4.78 is 9.76. The standard InChI is InChI=1S/C9H17NO3/c1-7-4-5-10(9(11)13-3)8(7)6-12-2/h7-8H,4-6H2,1-3H3. The molecule has 0 aromatic rings. The molecule has 0 radical (unpaired) electrons. The molecule has 1 fully saturated rings. The zero-order valence-corrected chi connectivity index (χ0v) is 8.45. The van der Waals surface area contributed by atoms with Crippen LogP contribution in [0.15, 0.2) is 0 Å². The second-order valence-electron chi connectivity index (χ2n) is 3.45. The van der Waals surface area contributed by atoms with E-state index in [2.05, 4.69) is 6.92 Å². The van der Waals surface area contributed by atoms with Crippen LogP contribution in [0.5, 0.6) is 0 Å². The van der Waals surface area contributed by atoms with E-state index in [9.17, 15) is 4.79 Å². The highest BCUT2D eigenvalue weighted by molar-refractivity contribution is 5.68. The van der Waals surface area contributed by atoms with Gasteiger partial charge < -0.3 is 14.4 Å². The van der Waals surface area contributed by atoms with Crippen LogP contribution in [0.2, 0.25) is 0 Å². The molecule has 0 bridgehead atoms. The Morgan fingerprint density at radius 1 is 1.54 bits per heavy atom. The molecule has 4 heteroatoms. The van der Waals surface area contributed by atoms with Crippen molar-refractivity contribution in [3.63, 3.8) is 0 Å². The first-order valence-corrected chi connectivity index (χ1v) is 4.54. The third-order valence-corrected chi connectivity index (χ3v) is 2.63. The number of likely N-dealkylation sites (tertiary alicyclic amines) is 1. The van der Waals surface area contributed by atoms with E-state index in [4.69, 9.17) is 9.47 Å². The number of carbonyl (C=O) groups is 1. The maximum Gasteiger partial charge on any atom is 0.409 e. The summed E-state index contributed by atoms with van der Waals surface area (Å²) in [7, 11) is 3.07. The molecular weight excluding hydrogens is 170 g/mol. The Labute approximate surface area is 78.8 Å². The van der Waals surface area contributed by atoms with Crippen LogP contribution in [0, 0.1) is 5.92 Å². The zero-order valence-electron chi connectivity index (χ0n) is 8.45. The maximum absolute atomic E-state index is 11.3. The van der Waals surface area contributed by atoms with Gasteiger partial charge in [-0.2, -0.15) is 0 Å². The van der Waals surface area contributed by atoms with Crippen LogP contribution in [0.1, 0.15) is 13.3 Å². The van der Waals surface area contributed by atoms with E-state index in [1.165, 1.54) is 7.11 Å². The summed E-state index contributed by atoms with van der Waals surface area (Å²) in [6, 6.07) is 0.178. The van der Waals surface area contributed by atoms with Crippen molar-refractivity contribution >= 4 is 6.09 Å². The Morgan fingerprint density at radius 2 is 2.23 bits per heavy atom. The molecule has 76 valence electrons. The molecule has 1 saturated heterocycles. The first kappa shape index (κ1) is 10.3. The van der Waals surface area contributed by atoms with Crippen LogP contribution in [0.4, 0.5) is 4.79 Å². The van der Waals surface area contributed by atoms with Gasteiger partial charge in [-0.25, -0.2) is 4.79 Å². The molecule has 2 unspecified atom stereocenters. The normalized spacial score (nSPS) is 27.8. The average Bonchev–Trinajstić information content (AvgIpc) is 2.48. The Kier molecular flexibility index (Phi) is 3.54. The molecule has 0 spiro atoms. The quantitative estimate of drug-likeness (QED) is 0.650. The summed E-state index contributed by atoms with van der Waals surface area (Å²) in [4.78, 5) is 13.0. The summed E-state index contributed by atoms with van der Waals surface area (Å²) in [5, 5.41) is 0. The van der Waals surface area contributed by atoms with Gasteiger partial charge in [-0.05, 0) is 12.3 Å². The number of hydrogen-bond donors (Lipinski definition) is 0. The summed E-state index contributed by atoms with van der Waals surface area (Å²) >= 11 is 0. The van der Waals surface area contributed by atoms with Crippen molar-refractivity contribution in [2.24, 2.45) is 5.92 Å². The monoisotopic (exact) mass is 187 g/mol. The van der Waals surface area contributed by atoms with Crippen LogP contribution in [0.3, 0.4) is 0 Å². The molecular formula is C9H17NO3. The smallest absolute Gasteiger partial charge is 0.409 e. The Morgan fingerprint density at radius 3 is 2.77 bits per heavy atom. The molecule has 1 heterocycles. The predicted octanol–water partition coefficient (Wildman–Crippen LogP) is 1.11. The first-order chi connectivity index (χ1) is 6.20. The second kappa shape index (κ2) is 4.46. The minimum absolute atomic E-state index is 0.178. The first-order valence-electron chi connectivity index (χ1n) is 4.54. The fourth-order valence-electron chi connectivity index (χ4n) is 1.78. The Bertz CT molecular complexity index is 184. The van der Waals surface area contributed by atoms with Gasteiger partial charge in [-0.15, -0.1) is 0 Å². The van der Waals surface area contributed by atoms with Crippen LogP contribution in [-0.2, 0) is 9.47 Å². The molecule has 2 atom stereocenters. The molecule has 0 aliphatic carbocycles. The van der Waals surface area contributed by atoms with Gasteiger partial charge >= 0.3 is 6.09 Å². The lowest BCUT2D eigenvalue weighted by Gasteiger charge is -2.24. The summed E-state index contributed by atoms with van der Waals surface area (Å²) in [6.45, 7) is 3.50. The molecule has 1 amide bonds. The molecule has 0 N–H and O–H groups in total. The molecule has 1 rings (SSSR count). The van der Waals surface area contributed by atoms with E-state index in [-0.39, 0.29) is 12.1 Å². The molecule has 1 aliphatic heterocycles. The average molecular weight is 187 g/mol. The van der Waals surface area contributed by atoms with Gasteiger partial charge in [-0.1, -0.05) is 6.92 Å². The Hall–Kier alpha value is -0.770. The minimum Gasteiger partial charge on any atom is -0.453 e. The van der Waals surface area contributed by atoms with Crippen molar-refractivity contribution in [1.29, 1.82) is 0 Å². The lowest BCUT2D eigenvalue weighted by atomic mass is 10.0. The number of carbonyl (C=O) groups excluding carboxylic acids is 1. The Balaban J connectivity index is 2.58. The molecule has 4 nitrogen and oxygen atoms in total. The second-order valence-corrected chi connectivity index (χ2v) is 3.45. The number of rotatable bonds is 2. The highest BCUT2D eigenvalue weighted by Gasteiger charge is 2.34. The van der Waals surface area contributed by atoms with Gasteiger partial charge in [0.1, 0.15) is 0 Å². The van der Waals surface area contributed by atoms with E-state index >= 15 is 0 Å². The highest BCUT2D eigenvalue weighted by Crippen LogP contribution is 2.24. The minimum atomic E-state index is -0.244. The molecule has 0 saturated carbocycles. The van der Waals surface area contributed by atoms with Crippen molar-refractivity contribution in [3.05, 3.63) is 0 Å². The fourth-order valence-corrected chi connectivity index (χ4v) is 1.78. The van der Waals surface area contributed by atoms with Crippen molar-refractivity contribution in [3.8, 4) is 0 Å². The van der Waals surface area contributed by atoms with Crippen molar-refractivity contribution in [1.82, 2.24) is 4.90 Å². The van der Waals surface area contributed by atoms with E-state index in [0.29, 0.717) is 12.5 Å².